The fourth-order valence-corrected chi connectivity index (χ4v) is 1.92. The first-order valence-electron chi connectivity index (χ1n) is 6.69. The largest absolute Gasteiger partial charge is 0.486 e. The van der Waals surface area contributed by atoms with Crippen LogP contribution in [-0.4, -0.2) is 27.9 Å². The first kappa shape index (κ1) is 15.4. The SMILES string of the molecule is Cn1ccnc1COc1ccc(CCNC(=O)CCl)cc1. The molecule has 0 aliphatic heterocycles. The molecule has 0 aliphatic carbocycles. The molecule has 2 rings (SSSR count). The topological polar surface area (TPSA) is 56.1 Å². The van der Waals surface area contributed by atoms with E-state index in [1.165, 1.54) is 0 Å². The first-order valence-corrected chi connectivity index (χ1v) is 7.23. The first-order chi connectivity index (χ1) is 10.2. The minimum absolute atomic E-state index is 0.0000319. The molecule has 0 radical (unpaired) electrons. The summed E-state index contributed by atoms with van der Waals surface area (Å²) in [5.41, 5.74) is 1.13. The molecule has 1 N–H and O–H groups in total. The fourth-order valence-electron chi connectivity index (χ4n) is 1.83. The number of nitrogens with one attached hydrogen (secondary N) is 1. The van der Waals surface area contributed by atoms with Crippen LogP contribution in [0.1, 0.15) is 11.4 Å². The van der Waals surface area contributed by atoms with Crippen molar-refractivity contribution < 1.29 is 9.53 Å². The number of rotatable bonds is 7. The molecule has 1 aromatic heterocycles. The Morgan fingerprint density at radius 2 is 2.14 bits per heavy atom. The van der Waals surface area contributed by atoms with Crippen molar-refractivity contribution in [3.8, 4) is 5.75 Å². The van der Waals surface area contributed by atoms with Gasteiger partial charge in [0.05, 0.1) is 0 Å². The Morgan fingerprint density at radius 3 is 2.76 bits per heavy atom. The fraction of sp³-hybridized carbons (Fsp3) is 0.333. The molecule has 0 spiro atoms. The predicted octanol–water partition coefficient (Wildman–Crippen LogP) is 1.90. The van der Waals surface area contributed by atoms with Gasteiger partial charge in [-0.05, 0) is 24.1 Å². The Hall–Kier alpha value is -2.01. The Balaban J connectivity index is 1.79. The number of carbonyl (C=O) groups is 1. The lowest BCUT2D eigenvalue weighted by Crippen LogP contribution is -2.26. The number of aryl methyl sites for hydroxylation is 1. The molecule has 0 saturated heterocycles. The molecule has 0 atom stereocenters. The maximum atomic E-state index is 11.0. The zero-order valence-corrected chi connectivity index (χ0v) is 12.6. The Labute approximate surface area is 128 Å². The molecule has 6 heteroatoms. The number of carbonyl (C=O) groups excluding carboxylic acids is 1. The highest BCUT2D eigenvalue weighted by Gasteiger charge is 2.02. The molecular formula is C15H18ClN3O2. The Bertz CT molecular complexity index is 581. The summed E-state index contributed by atoms with van der Waals surface area (Å²) >= 11 is 5.41. The third kappa shape index (κ3) is 4.79. The number of hydrogen-bond donors (Lipinski definition) is 1. The number of benzene rings is 1. The van der Waals surface area contributed by atoms with Crippen molar-refractivity contribution in [2.45, 2.75) is 13.0 Å². The van der Waals surface area contributed by atoms with Crippen LogP contribution in [-0.2, 0) is 24.9 Å². The maximum absolute atomic E-state index is 11.0. The van der Waals surface area contributed by atoms with E-state index >= 15 is 0 Å². The van der Waals surface area contributed by atoms with Gasteiger partial charge in [-0.25, -0.2) is 4.98 Å². The van der Waals surface area contributed by atoms with Crippen LogP contribution in [0.2, 0.25) is 0 Å². The number of imidazole rings is 1. The number of aromatic nitrogens is 2. The molecular weight excluding hydrogens is 290 g/mol. The van der Waals surface area contributed by atoms with Gasteiger partial charge in [-0.3, -0.25) is 4.79 Å². The second kappa shape index (κ2) is 7.69. The minimum atomic E-state index is -0.147. The summed E-state index contributed by atoms with van der Waals surface area (Å²) in [6.45, 7) is 1.02. The van der Waals surface area contributed by atoms with Gasteiger partial charge in [0.15, 0.2) is 0 Å². The molecule has 2 aromatic rings. The van der Waals surface area contributed by atoms with Crippen molar-refractivity contribution >= 4 is 17.5 Å². The molecule has 0 fully saturated rings. The van der Waals surface area contributed by atoms with E-state index in [1.54, 1.807) is 6.20 Å². The van der Waals surface area contributed by atoms with Crippen molar-refractivity contribution in [2.24, 2.45) is 7.05 Å². The van der Waals surface area contributed by atoms with E-state index in [-0.39, 0.29) is 11.8 Å². The van der Waals surface area contributed by atoms with Gasteiger partial charge in [-0.2, -0.15) is 0 Å². The van der Waals surface area contributed by atoms with Crippen LogP contribution in [0.5, 0.6) is 5.75 Å². The zero-order valence-electron chi connectivity index (χ0n) is 11.9. The average molecular weight is 308 g/mol. The Kier molecular flexibility index (Phi) is 5.63. The van der Waals surface area contributed by atoms with Crippen LogP contribution in [0.4, 0.5) is 0 Å². The van der Waals surface area contributed by atoms with E-state index in [4.69, 9.17) is 16.3 Å². The van der Waals surface area contributed by atoms with Gasteiger partial charge in [0.25, 0.3) is 0 Å². The smallest absolute Gasteiger partial charge is 0.234 e. The summed E-state index contributed by atoms with van der Waals surface area (Å²) in [5, 5.41) is 2.73. The summed E-state index contributed by atoms with van der Waals surface area (Å²) in [6, 6.07) is 7.81. The highest BCUT2D eigenvalue weighted by molar-refractivity contribution is 6.27. The van der Waals surface area contributed by atoms with Crippen molar-refractivity contribution in [1.29, 1.82) is 0 Å². The van der Waals surface area contributed by atoms with Crippen LogP contribution in [0.3, 0.4) is 0 Å². The van der Waals surface area contributed by atoms with Gasteiger partial charge in [-0.1, -0.05) is 12.1 Å². The molecule has 1 amide bonds. The van der Waals surface area contributed by atoms with Crippen LogP contribution in [0, 0.1) is 0 Å². The van der Waals surface area contributed by atoms with Crippen molar-refractivity contribution in [3.63, 3.8) is 0 Å². The van der Waals surface area contributed by atoms with Crippen molar-refractivity contribution in [2.75, 3.05) is 12.4 Å². The zero-order chi connectivity index (χ0) is 15.1. The Morgan fingerprint density at radius 1 is 1.38 bits per heavy atom. The maximum Gasteiger partial charge on any atom is 0.234 e. The van der Waals surface area contributed by atoms with Gasteiger partial charge in [-0.15, -0.1) is 11.6 Å². The van der Waals surface area contributed by atoms with Gasteiger partial charge in [0.1, 0.15) is 24.1 Å². The lowest BCUT2D eigenvalue weighted by Gasteiger charge is -2.08. The quantitative estimate of drug-likeness (QED) is 0.795. The van der Waals surface area contributed by atoms with E-state index in [1.807, 2.05) is 42.1 Å². The predicted molar refractivity (Wildman–Crippen MR) is 81.4 cm³/mol. The van der Waals surface area contributed by atoms with Crippen molar-refractivity contribution in [1.82, 2.24) is 14.9 Å². The number of nitrogens with zero attached hydrogens (tertiary/aromatic N) is 2. The molecule has 0 unspecified atom stereocenters. The standard InChI is InChI=1S/C15H18ClN3O2/c1-19-9-8-17-14(19)11-21-13-4-2-12(3-5-13)6-7-18-15(20)10-16/h2-5,8-9H,6-7,10-11H2,1H3,(H,18,20). The molecule has 1 heterocycles. The van der Waals surface area contributed by atoms with Gasteiger partial charge < -0.3 is 14.6 Å². The van der Waals surface area contributed by atoms with Gasteiger partial charge in [0, 0.05) is 26.0 Å². The lowest BCUT2D eigenvalue weighted by atomic mass is 10.1. The van der Waals surface area contributed by atoms with E-state index < -0.39 is 0 Å². The van der Waals surface area contributed by atoms with Gasteiger partial charge in [0.2, 0.25) is 5.91 Å². The molecule has 1 aromatic carbocycles. The third-order valence-corrected chi connectivity index (χ3v) is 3.31. The summed E-state index contributed by atoms with van der Waals surface area (Å²) < 4.78 is 7.60. The summed E-state index contributed by atoms with van der Waals surface area (Å²) in [7, 11) is 1.93. The van der Waals surface area contributed by atoms with E-state index in [0.717, 1.165) is 23.6 Å². The normalized spacial score (nSPS) is 10.4. The van der Waals surface area contributed by atoms with E-state index in [0.29, 0.717) is 13.2 Å². The number of ether oxygens (including phenoxy) is 1. The molecule has 0 aliphatic rings. The molecule has 0 bridgehead atoms. The number of halogens is 1. The van der Waals surface area contributed by atoms with Crippen LogP contribution in [0.15, 0.2) is 36.7 Å². The monoisotopic (exact) mass is 307 g/mol. The van der Waals surface area contributed by atoms with Crippen molar-refractivity contribution in [3.05, 3.63) is 48.0 Å². The lowest BCUT2D eigenvalue weighted by molar-refractivity contribution is -0.118. The minimum Gasteiger partial charge on any atom is -0.486 e. The highest BCUT2D eigenvalue weighted by atomic mass is 35.5. The molecule has 5 nitrogen and oxygen atoms in total. The highest BCUT2D eigenvalue weighted by Crippen LogP contribution is 2.14. The second-order valence-corrected chi connectivity index (χ2v) is 4.89. The van der Waals surface area contributed by atoms with Crippen LogP contribution in [0.25, 0.3) is 0 Å². The summed E-state index contributed by atoms with van der Waals surface area (Å²) in [5.74, 6) is 1.53. The number of hydrogen-bond acceptors (Lipinski definition) is 3. The molecule has 0 saturated carbocycles. The van der Waals surface area contributed by atoms with Crippen LogP contribution >= 0.6 is 11.6 Å². The van der Waals surface area contributed by atoms with Gasteiger partial charge >= 0.3 is 0 Å². The van der Waals surface area contributed by atoms with E-state index in [9.17, 15) is 4.79 Å². The summed E-state index contributed by atoms with van der Waals surface area (Å²) in [6.07, 6.45) is 4.40. The summed E-state index contributed by atoms with van der Waals surface area (Å²) in [4.78, 5) is 15.2. The van der Waals surface area contributed by atoms with E-state index in [2.05, 4.69) is 10.3 Å². The third-order valence-electron chi connectivity index (χ3n) is 3.07. The van der Waals surface area contributed by atoms with Crippen LogP contribution < -0.4 is 10.1 Å². The average Bonchev–Trinajstić information content (AvgIpc) is 2.91. The molecule has 21 heavy (non-hydrogen) atoms. The number of amides is 1. The molecule has 112 valence electrons. The second-order valence-electron chi connectivity index (χ2n) is 4.62. The number of alkyl halides is 1.